The van der Waals surface area contributed by atoms with E-state index in [1.54, 1.807) is 12.4 Å². The summed E-state index contributed by atoms with van der Waals surface area (Å²) in [7, 11) is 0. The summed E-state index contributed by atoms with van der Waals surface area (Å²) in [5.41, 5.74) is 0.977. The molecular formula is C16H21N3OS2. The molecule has 1 amide bonds. The first-order chi connectivity index (χ1) is 10.2. The molecule has 1 N–H and O–H groups in total. The van der Waals surface area contributed by atoms with Crippen LogP contribution in [0.15, 0.2) is 34.8 Å². The average molecular weight is 335 g/mol. The first kappa shape index (κ1) is 17.0. The molecule has 2 aromatic heterocycles. The van der Waals surface area contributed by atoms with Gasteiger partial charge in [0.25, 0.3) is 0 Å². The van der Waals surface area contributed by atoms with Gasteiger partial charge in [0.05, 0.1) is 10.4 Å². The van der Waals surface area contributed by atoms with Crippen LogP contribution in [0.5, 0.6) is 0 Å². The summed E-state index contributed by atoms with van der Waals surface area (Å²) in [5.74, 6) is -0.0591. The molecule has 0 aliphatic rings. The van der Waals surface area contributed by atoms with E-state index in [-0.39, 0.29) is 11.3 Å². The van der Waals surface area contributed by atoms with Crippen molar-refractivity contribution in [2.45, 2.75) is 49.7 Å². The molecule has 0 radical (unpaired) electrons. The molecule has 2 rings (SSSR count). The minimum absolute atomic E-state index is 0.0144. The Morgan fingerprint density at radius 1 is 1.27 bits per heavy atom. The van der Waals surface area contributed by atoms with E-state index in [0.29, 0.717) is 5.13 Å². The molecule has 0 spiro atoms. The third-order valence-corrected chi connectivity index (χ3v) is 4.98. The van der Waals surface area contributed by atoms with E-state index in [4.69, 9.17) is 0 Å². The van der Waals surface area contributed by atoms with Crippen LogP contribution in [0.3, 0.4) is 0 Å². The number of aromatic nitrogens is 2. The Hall–Kier alpha value is -1.40. The van der Waals surface area contributed by atoms with Gasteiger partial charge in [0.2, 0.25) is 5.91 Å². The topological polar surface area (TPSA) is 54.9 Å². The van der Waals surface area contributed by atoms with Crippen LogP contribution in [0.1, 0.15) is 40.3 Å². The number of thioether (sulfide) groups is 1. The van der Waals surface area contributed by atoms with Gasteiger partial charge in [-0.1, -0.05) is 20.8 Å². The van der Waals surface area contributed by atoms with E-state index in [9.17, 15) is 4.79 Å². The van der Waals surface area contributed by atoms with Gasteiger partial charge in [-0.3, -0.25) is 9.78 Å². The minimum Gasteiger partial charge on any atom is -0.301 e. The third kappa shape index (κ3) is 4.30. The van der Waals surface area contributed by atoms with E-state index >= 15 is 0 Å². The molecule has 0 atom stereocenters. The molecule has 0 saturated carbocycles. The maximum Gasteiger partial charge on any atom is 0.242 e. The van der Waals surface area contributed by atoms with Crippen molar-refractivity contribution in [3.05, 3.63) is 35.6 Å². The SMILES string of the molecule is CC(C)(Sc1cccnc1)C(=O)Nc1nc(C(C)(C)C)cs1. The Morgan fingerprint density at radius 2 is 2.00 bits per heavy atom. The number of rotatable bonds is 4. The van der Waals surface area contributed by atoms with E-state index in [1.807, 2.05) is 31.4 Å². The summed E-state index contributed by atoms with van der Waals surface area (Å²) in [5, 5.41) is 5.57. The normalized spacial score (nSPS) is 12.2. The molecule has 0 fully saturated rings. The zero-order valence-corrected chi connectivity index (χ0v) is 15.1. The van der Waals surface area contributed by atoms with E-state index in [1.165, 1.54) is 23.1 Å². The lowest BCUT2D eigenvalue weighted by Gasteiger charge is -2.22. The molecule has 6 heteroatoms. The summed E-state index contributed by atoms with van der Waals surface area (Å²) in [6.45, 7) is 10.1. The van der Waals surface area contributed by atoms with Crippen molar-refractivity contribution in [2.24, 2.45) is 0 Å². The highest BCUT2D eigenvalue weighted by Crippen LogP contribution is 2.33. The molecule has 0 aliphatic heterocycles. The Bertz CT molecular complexity index is 645. The maximum absolute atomic E-state index is 12.5. The van der Waals surface area contributed by atoms with Gasteiger partial charge >= 0.3 is 0 Å². The fourth-order valence-electron chi connectivity index (χ4n) is 1.67. The largest absolute Gasteiger partial charge is 0.301 e. The van der Waals surface area contributed by atoms with Crippen molar-refractivity contribution < 1.29 is 4.79 Å². The van der Waals surface area contributed by atoms with Gasteiger partial charge in [-0.2, -0.15) is 0 Å². The molecule has 118 valence electrons. The maximum atomic E-state index is 12.5. The van der Waals surface area contributed by atoms with Crippen molar-refractivity contribution in [2.75, 3.05) is 5.32 Å². The number of pyridine rings is 1. The standard InChI is InChI=1S/C16H21N3OS2/c1-15(2,3)12-10-21-14(18-12)19-13(20)16(4,5)22-11-7-6-8-17-9-11/h6-10H,1-5H3,(H,18,19,20). The zero-order valence-electron chi connectivity index (χ0n) is 13.5. The van der Waals surface area contributed by atoms with E-state index in [0.717, 1.165) is 10.6 Å². The molecular weight excluding hydrogens is 314 g/mol. The quantitative estimate of drug-likeness (QED) is 0.844. The summed E-state index contributed by atoms with van der Waals surface area (Å²) in [6, 6.07) is 3.82. The van der Waals surface area contributed by atoms with Crippen molar-refractivity contribution in [1.29, 1.82) is 0 Å². The number of carbonyl (C=O) groups excluding carboxylic acids is 1. The Kier molecular flexibility index (Phi) is 4.92. The lowest BCUT2D eigenvalue weighted by molar-refractivity contribution is -0.117. The van der Waals surface area contributed by atoms with E-state index in [2.05, 4.69) is 36.1 Å². The molecule has 2 heterocycles. The molecule has 0 bridgehead atoms. The molecule has 22 heavy (non-hydrogen) atoms. The first-order valence-electron chi connectivity index (χ1n) is 7.05. The highest BCUT2D eigenvalue weighted by Gasteiger charge is 2.30. The second kappa shape index (κ2) is 6.38. The van der Waals surface area contributed by atoms with Gasteiger partial charge in [-0.15, -0.1) is 23.1 Å². The van der Waals surface area contributed by atoms with Crippen LogP contribution in [0.2, 0.25) is 0 Å². The third-order valence-electron chi connectivity index (χ3n) is 3.05. The highest BCUT2D eigenvalue weighted by atomic mass is 32.2. The monoisotopic (exact) mass is 335 g/mol. The van der Waals surface area contributed by atoms with E-state index < -0.39 is 4.75 Å². The van der Waals surface area contributed by atoms with Gasteiger partial charge < -0.3 is 5.32 Å². The van der Waals surface area contributed by atoms with Crippen molar-refractivity contribution in [1.82, 2.24) is 9.97 Å². The van der Waals surface area contributed by atoms with Crippen LogP contribution in [0, 0.1) is 0 Å². The first-order valence-corrected chi connectivity index (χ1v) is 8.74. The second-order valence-corrected chi connectivity index (χ2v) is 9.10. The lowest BCUT2D eigenvalue weighted by atomic mass is 9.93. The smallest absolute Gasteiger partial charge is 0.242 e. The lowest BCUT2D eigenvalue weighted by Crippen LogP contribution is -2.34. The van der Waals surface area contributed by atoms with Crippen LogP contribution in [0.4, 0.5) is 5.13 Å². The number of amides is 1. The molecule has 2 aromatic rings. The van der Waals surface area contributed by atoms with Gasteiger partial charge in [-0.25, -0.2) is 4.98 Å². The fourth-order valence-corrected chi connectivity index (χ4v) is 3.60. The van der Waals surface area contributed by atoms with Gasteiger partial charge in [-0.05, 0) is 26.0 Å². The average Bonchev–Trinajstić information content (AvgIpc) is 2.88. The Morgan fingerprint density at radius 3 is 2.55 bits per heavy atom. The number of carbonyl (C=O) groups is 1. The van der Waals surface area contributed by atoms with Crippen LogP contribution in [-0.2, 0) is 10.2 Å². The second-order valence-electron chi connectivity index (χ2n) is 6.54. The molecule has 0 aromatic carbocycles. The Labute approximate surface area is 139 Å². The van der Waals surface area contributed by atoms with Crippen molar-refractivity contribution in [3.63, 3.8) is 0 Å². The number of thiazole rings is 1. The van der Waals surface area contributed by atoms with Crippen LogP contribution >= 0.6 is 23.1 Å². The summed E-state index contributed by atoms with van der Waals surface area (Å²) in [6.07, 6.45) is 3.49. The molecule has 0 aliphatic carbocycles. The molecule has 4 nitrogen and oxygen atoms in total. The fraction of sp³-hybridized carbons (Fsp3) is 0.438. The number of hydrogen-bond acceptors (Lipinski definition) is 5. The summed E-state index contributed by atoms with van der Waals surface area (Å²) < 4.78 is -0.601. The van der Waals surface area contributed by atoms with Crippen LogP contribution < -0.4 is 5.32 Å². The van der Waals surface area contributed by atoms with Gasteiger partial charge in [0, 0.05) is 28.1 Å². The van der Waals surface area contributed by atoms with Crippen molar-refractivity contribution in [3.8, 4) is 0 Å². The van der Waals surface area contributed by atoms with Crippen LogP contribution in [-0.4, -0.2) is 20.6 Å². The number of nitrogens with one attached hydrogen (secondary N) is 1. The number of nitrogens with zero attached hydrogens (tertiary/aromatic N) is 2. The minimum atomic E-state index is -0.601. The summed E-state index contributed by atoms with van der Waals surface area (Å²) in [4.78, 5) is 22.1. The number of anilines is 1. The molecule has 0 saturated heterocycles. The zero-order chi connectivity index (χ0) is 16.4. The van der Waals surface area contributed by atoms with Crippen molar-refractivity contribution >= 4 is 34.1 Å². The van der Waals surface area contributed by atoms with Gasteiger partial charge in [0.15, 0.2) is 5.13 Å². The van der Waals surface area contributed by atoms with Crippen LogP contribution in [0.25, 0.3) is 0 Å². The van der Waals surface area contributed by atoms with Gasteiger partial charge in [0.1, 0.15) is 0 Å². The predicted molar refractivity (Wildman–Crippen MR) is 93.6 cm³/mol. The number of hydrogen-bond donors (Lipinski definition) is 1. The predicted octanol–water partition coefficient (Wildman–Crippen LogP) is 4.35. The Balaban J connectivity index is 2.06. The summed E-state index contributed by atoms with van der Waals surface area (Å²) >= 11 is 2.95. The molecule has 0 unspecified atom stereocenters. The highest BCUT2D eigenvalue weighted by molar-refractivity contribution is 8.01.